The number of esters is 1. The Bertz CT molecular complexity index is 775. The summed E-state index contributed by atoms with van der Waals surface area (Å²) in [5.74, 6) is 0.450. The highest BCUT2D eigenvalue weighted by Gasteiger charge is 2.33. The minimum Gasteiger partial charge on any atom is -0.460 e. The van der Waals surface area contributed by atoms with Gasteiger partial charge >= 0.3 is 5.97 Å². The van der Waals surface area contributed by atoms with E-state index in [1.165, 1.54) is 18.4 Å². The lowest BCUT2D eigenvalue weighted by molar-refractivity contribution is -0.147. The second-order valence-electron chi connectivity index (χ2n) is 8.33. The van der Waals surface area contributed by atoms with Gasteiger partial charge in [0.25, 0.3) is 0 Å². The number of likely N-dealkylation sites (tertiary alicyclic amines) is 1. The van der Waals surface area contributed by atoms with Gasteiger partial charge in [-0.15, -0.1) is 0 Å². The maximum Gasteiger partial charge on any atom is 0.320 e. The third kappa shape index (κ3) is 5.91. The van der Waals surface area contributed by atoms with Crippen molar-refractivity contribution < 1.29 is 9.53 Å². The van der Waals surface area contributed by atoms with E-state index in [4.69, 9.17) is 4.74 Å². The molecular weight excluding hydrogens is 374 g/mol. The lowest BCUT2D eigenvalue weighted by atomic mass is 9.87. The molecule has 1 unspecified atom stereocenters. The van der Waals surface area contributed by atoms with E-state index in [0.717, 1.165) is 38.3 Å². The molecule has 2 saturated heterocycles. The molecule has 0 saturated carbocycles. The molecule has 4 rings (SSSR count). The maximum absolute atomic E-state index is 12.5. The van der Waals surface area contributed by atoms with Crippen molar-refractivity contribution in [1.29, 1.82) is 0 Å². The second-order valence-corrected chi connectivity index (χ2v) is 8.33. The van der Waals surface area contributed by atoms with Crippen LogP contribution in [0.3, 0.4) is 0 Å². The molecule has 0 amide bonds. The first kappa shape index (κ1) is 21.0. The monoisotopic (exact) mass is 406 g/mol. The molecule has 1 N–H and O–H groups in total. The molecule has 5 heteroatoms. The average molecular weight is 407 g/mol. The van der Waals surface area contributed by atoms with Crippen molar-refractivity contribution >= 4 is 5.97 Å². The quantitative estimate of drug-likeness (QED) is 0.716. The Morgan fingerprint density at radius 1 is 0.967 bits per heavy atom. The normalized spacial score (nSPS) is 21.4. The Morgan fingerprint density at radius 2 is 1.63 bits per heavy atom. The molecular formula is C25H32N3O2. The minimum atomic E-state index is -0.150. The predicted molar refractivity (Wildman–Crippen MR) is 118 cm³/mol. The van der Waals surface area contributed by atoms with Crippen LogP contribution in [0.4, 0.5) is 0 Å². The van der Waals surface area contributed by atoms with Crippen molar-refractivity contribution in [3.63, 3.8) is 0 Å². The highest BCUT2D eigenvalue weighted by Crippen LogP contribution is 2.27. The van der Waals surface area contributed by atoms with E-state index >= 15 is 0 Å². The largest absolute Gasteiger partial charge is 0.460 e. The van der Waals surface area contributed by atoms with E-state index in [1.54, 1.807) is 0 Å². The van der Waals surface area contributed by atoms with Crippen molar-refractivity contribution in [2.45, 2.75) is 32.0 Å². The Morgan fingerprint density at radius 3 is 2.33 bits per heavy atom. The molecule has 1 radical (unpaired) electrons. The third-order valence-electron chi connectivity index (χ3n) is 6.23. The number of benzene rings is 2. The molecule has 0 bridgehead atoms. The van der Waals surface area contributed by atoms with Gasteiger partial charge in [-0.1, -0.05) is 60.7 Å². The van der Waals surface area contributed by atoms with Crippen molar-refractivity contribution in [2.24, 2.45) is 5.92 Å². The summed E-state index contributed by atoms with van der Waals surface area (Å²) < 4.78 is 5.52. The number of nitrogens with zero attached hydrogens (tertiary/aromatic N) is 2. The predicted octanol–water partition coefficient (Wildman–Crippen LogP) is 3.08. The van der Waals surface area contributed by atoms with Crippen LogP contribution in [0, 0.1) is 12.5 Å². The summed E-state index contributed by atoms with van der Waals surface area (Å²) in [5, 5.41) is 3.48. The highest BCUT2D eigenvalue weighted by molar-refractivity contribution is 5.71. The zero-order valence-corrected chi connectivity index (χ0v) is 17.6. The number of carbonyl (C=O) groups excluding carboxylic acids is 1. The van der Waals surface area contributed by atoms with E-state index in [0.29, 0.717) is 25.1 Å². The van der Waals surface area contributed by atoms with E-state index < -0.39 is 0 Å². The average Bonchev–Trinajstić information content (AvgIpc) is 2.80. The topological polar surface area (TPSA) is 44.8 Å². The lowest BCUT2D eigenvalue weighted by Gasteiger charge is -2.43. The fraction of sp³-hybridized carbons (Fsp3) is 0.440. The Hall–Kier alpha value is -2.21. The number of piperazine rings is 1. The van der Waals surface area contributed by atoms with E-state index in [9.17, 15) is 4.79 Å². The summed E-state index contributed by atoms with van der Waals surface area (Å²) >= 11 is 0. The first-order valence-electron chi connectivity index (χ1n) is 11.0. The molecule has 0 spiro atoms. The van der Waals surface area contributed by atoms with Crippen LogP contribution in [0.15, 0.2) is 60.7 Å². The summed E-state index contributed by atoms with van der Waals surface area (Å²) in [7, 11) is 0. The number of nitrogens with one attached hydrogen (secondary N) is 1. The first-order valence-corrected chi connectivity index (χ1v) is 11.0. The molecule has 0 aliphatic carbocycles. The van der Waals surface area contributed by atoms with Crippen LogP contribution in [0.5, 0.6) is 0 Å². The van der Waals surface area contributed by atoms with Gasteiger partial charge in [-0.2, -0.15) is 0 Å². The van der Waals surface area contributed by atoms with Gasteiger partial charge in [0.05, 0.1) is 6.54 Å². The van der Waals surface area contributed by atoms with Crippen LogP contribution in [-0.2, 0) is 22.7 Å². The number of rotatable bonds is 7. The van der Waals surface area contributed by atoms with Gasteiger partial charge < -0.3 is 10.1 Å². The summed E-state index contributed by atoms with van der Waals surface area (Å²) in [6.45, 7) is 7.82. The SMILES string of the molecule is O=C(CN1[CH]CNCC1C1CCN(Cc2ccccc2)CC1)OCc1ccccc1. The smallest absolute Gasteiger partial charge is 0.320 e. The lowest BCUT2D eigenvalue weighted by Crippen LogP contribution is -2.55. The maximum atomic E-state index is 12.5. The molecule has 30 heavy (non-hydrogen) atoms. The van der Waals surface area contributed by atoms with E-state index in [2.05, 4.69) is 52.0 Å². The molecule has 2 aromatic rings. The highest BCUT2D eigenvalue weighted by atomic mass is 16.5. The molecule has 2 heterocycles. The number of carbonyl (C=O) groups is 1. The van der Waals surface area contributed by atoms with Crippen LogP contribution in [0.1, 0.15) is 24.0 Å². The van der Waals surface area contributed by atoms with Gasteiger partial charge in [-0.25, -0.2) is 0 Å². The van der Waals surface area contributed by atoms with Crippen LogP contribution in [0.25, 0.3) is 0 Å². The van der Waals surface area contributed by atoms with Crippen LogP contribution >= 0.6 is 0 Å². The van der Waals surface area contributed by atoms with Crippen molar-refractivity contribution in [3.8, 4) is 0 Å². The van der Waals surface area contributed by atoms with E-state index in [-0.39, 0.29) is 5.97 Å². The standard InChI is InChI=1S/C25H32N3O2/c29-25(30-20-22-9-5-2-6-10-22)19-28-16-13-26-17-24(28)23-11-14-27(15-12-23)18-21-7-3-1-4-8-21/h1-10,16,23-24,26H,11-15,17-20H2. The summed E-state index contributed by atoms with van der Waals surface area (Å²) in [4.78, 5) is 17.2. The first-order chi connectivity index (χ1) is 14.8. The Labute approximate surface area is 180 Å². The second kappa shape index (κ2) is 10.7. The van der Waals surface area contributed by atoms with Crippen molar-refractivity contribution in [1.82, 2.24) is 15.1 Å². The van der Waals surface area contributed by atoms with Gasteiger partial charge in [0.2, 0.25) is 0 Å². The van der Waals surface area contributed by atoms with Crippen LogP contribution in [0.2, 0.25) is 0 Å². The van der Waals surface area contributed by atoms with Crippen molar-refractivity contribution in [3.05, 3.63) is 78.3 Å². The number of ether oxygens (including phenoxy) is 1. The van der Waals surface area contributed by atoms with Gasteiger partial charge in [-0.05, 0) is 43.0 Å². The molecule has 0 aromatic heterocycles. The number of hydrogen-bond acceptors (Lipinski definition) is 5. The molecule has 5 nitrogen and oxygen atoms in total. The summed E-state index contributed by atoms with van der Waals surface area (Å²) in [6.07, 6.45) is 2.34. The third-order valence-corrected chi connectivity index (χ3v) is 6.23. The van der Waals surface area contributed by atoms with Gasteiger partial charge in [0, 0.05) is 32.2 Å². The molecule has 2 fully saturated rings. The fourth-order valence-electron chi connectivity index (χ4n) is 4.56. The zero-order valence-electron chi connectivity index (χ0n) is 17.6. The van der Waals surface area contributed by atoms with E-state index in [1.807, 2.05) is 30.3 Å². The molecule has 2 aliphatic rings. The number of piperidine rings is 1. The van der Waals surface area contributed by atoms with Crippen LogP contribution in [-0.4, -0.2) is 54.5 Å². The fourth-order valence-corrected chi connectivity index (χ4v) is 4.56. The van der Waals surface area contributed by atoms with Crippen LogP contribution < -0.4 is 5.32 Å². The zero-order chi connectivity index (χ0) is 20.6. The Balaban J connectivity index is 1.26. The molecule has 159 valence electrons. The van der Waals surface area contributed by atoms with Gasteiger partial charge in [0.1, 0.15) is 6.61 Å². The molecule has 1 atom stereocenters. The van der Waals surface area contributed by atoms with Crippen molar-refractivity contribution in [2.75, 3.05) is 32.7 Å². The molecule has 2 aliphatic heterocycles. The van der Waals surface area contributed by atoms with Gasteiger partial charge in [-0.3, -0.25) is 14.6 Å². The number of hydrogen-bond donors (Lipinski definition) is 1. The van der Waals surface area contributed by atoms with Gasteiger partial charge in [0.15, 0.2) is 0 Å². The molecule has 2 aromatic carbocycles. The summed E-state index contributed by atoms with van der Waals surface area (Å²) in [6, 6.07) is 20.9. The Kier molecular flexibility index (Phi) is 7.51. The minimum absolute atomic E-state index is 0.150. The summed E-state index contributed by atoms with van der Waals surface area (Å²) in [5.41, 5.74) is 2.41.